The largest absolute Gasteiger partial charge is 0.337 e. The Bertz CT molecular complexity index is 381. The number of hydrogen-bond acceptors (Lipinski definition) is 3. The summed E-state index contributed by atoms with van der Waals surface area (Å²) in [6, 6.07) is 7.34. The first kappa shape index (κ1) is 14.5. The molecule has 0 saturated carbocycles. The van der Waals surface area contributed by atoms with Gasteiger partial charge in [-0.25, -0.2) is 4.79 Å². The van der Waals surface area contributed by atoms with Crippen LogP contribution in [0.4, 0.5) is 10.5 Å². The molecule has 0 aliphatic heterocycles. The van der Waals surface area contributed by atoms with Crippen LogP contribution in [0.25, 0.3) is 0 Å². The number of nitrogens with two attached hydrogens (primary N) is 1. The highest BCUT2D eigenvalue weighted by atomic mass is 16.2. The van der Waals surface area contributed by atoms with Crippen LogP contribution in [0.1, 0.15) is 12.5 Å². The zero-order valence-corrected chi connectivity index (χ0v) is 11.1. The lowest BCUT2D eigenvalue weighted by Crippen LogP contribution is -2.35. The Hall–Kier alpha value is -1.59. The lowest BCUT2D eigenvalue weighted by molar-refractivity contribution is 0.250. The molecular weight excluding hydrogens is 228 g/mol. The molecule has 5 heteroatoms. The van der Waals surface area contributed by atoms with Gasteiger partial charge in [-0.2, -0.15) is 0 Å². The van der Waals surface area contributed by atoms with Gasteiger partial charge in [0.05, 0.1) is 0 Å². The first-order valence-corrected chi connectivity index (χ1v) is 6.18. The summed E-state index contributed by atoms with van der Waals surface area (Å²) >= 11 is 0. The normalized spacial score (nSPS) is 10.4. The van der Waals surface area contributed by atoms with Gasteiger partial charge in [0.15, 0.2) is 0 Å². The average Bonchev–Trinajstić information content (AvgIpc) is 2.38. The van der Waals surface area contributed by atoms with Gasteiger partial charge >= 0.3 is 6.03 Å². The molecule has 1 aromatic carbocycles. The summed E-state index contributed by atoms with van der Waals surface area (Å²) in [7, 11) is 2.02. The van der Waals surface area contributed by atoms with Gasteiger partial charge in [-0.3, -0.25) is 0 Å². The molecule has 0 aromatic heterocycles. The van der Waals surface area contributed by atoms with Crippen LogP contribution in [0.5, 0.6) is 0 Å². The van der Waals surface area contributed by atoms with E-state index in [4.69, 9.17) is 5.73 Å². The summed E-state index contributed by atoms with van der Waals surface area (Å²) in [6.45, 7) is 5.00. The Morgan fingerprint density at radius 3 is 2.89 bits per heavy atom. The van der Waals surface area contributed by atoms with Gasteiger partial charge in [0, 0.05) is 25.3 Å². The van der Waals surface area contributed by atoms with E-state index in [1.54, 1.807) is 0 Å². The predicted octanol–water partition coefficient (Wildman–Crippen LogP) is 1.22. The second-order valence-corrected chi connectivity index (χ2v) is 4.18. The maximum atomic E-state index is 11.6. The Balaban J connectivity index is 2.35. The van der Waals surface area contributed by atoms with Crippen LogP contribution >= 0.6 is 0 Å². The van der Waals surface area contributed by atoms with Gasteiger partial charge in [0.2, 0.25) is 0 Å². The van der Waals surface area contributed by atoms with Gasteiger partial charge in [0.25, 0.3) is 0 Å². The summed E-state index contributed by atoms with van der Waals surface area (Å²) in [5.41, 5.74) is 7.31. The molecule has 2 amide bonds. The van der Waals surface area contributed by atoms with Crippen molar-refractivity contribution in [3.63, 3.8) is 0 Å². The molecule has 0 aliphatic rings. The van der Waals surface area contributed by atoms with E-state index < -0.39 is 0 Å². The van der Waals surface area contributed by atoms with Crippen LogP contribution in [0.2, 0.25) is 0 Å². The number of rotatable bonds is 6. The summed E-state index contributed by atoms with van der Waals surface area (Å²) < 4.78 is 0. The number of nitrogens with zero attached hydrogens (tertiary/aromatic N) is 1. The van der Waals surface area contributed by atoms with Crippen LogP contribution < -0.4 is 16.4 Å². The predicted molar refractivity (Wildman–Crippen MR) is 74.5 cm³/mol. The Labute approximate surface area is 108 Å². The molecule has 1 rings (SSSR count). The number of hydrogen-bond donors (Lipinski definition) is 3. The fourth-order valence-corrected chi connectivity index (χ4v) is 1.47. The molecule has 5 nitrogen and oxygen atoms in total. The fourth-order valence-electron chi connectivity index (χ4n) is 1.47. The number of amides is 2. The van der Waals surface area contributed by atoms with Gasteiger partial charge in [-0.15, -0.1) is 0 Å². The molecular formula is C13H22N4O. The van der Waals surface area contributed by atoms with Crippen molar-refractivity contribution < 1.29 is 4.79 Å². The van der Waals surface area contributed by atoms with Crippen LogP contribution in [0, 0.1) is 0 Å². The highest BCUT2D eigenvalue weighted by molar-refractivity contribution is 5.89. The molecule has 4 N–H and O–H groups in total. The third kappa shape index (κ3) is 5.16. The summed E-state index contributed by atoms with van der Waals surface area (Å²) in [5.74, 6) is 0. The van der Waals surface area contributed by atoms with Gasteiger partial charge in [-0.1, -0.05) is 19.1 Å². The van der Waals surface area contributed by atoms with Crippen molar-refractivity contribution in [2.45, 2.75) is 13.5 Å². The minimum absolute atomic E-state index is 0.186. The second kappa shape index (κ2) is 7.68. The van der Waals surface area contributed by atoms with Gasteiger partial charge in [0.1, 0.15) is 0 Å². The number of carbonyl (C=O) groups excluding carboxylic acids is 1. The van der Waals surface area contributed by atoms with Gasteiger partial charge in [-0.05, 0) is 31.3 Å². The van der Waals surface area contributed by atoms with Crippen molar-refractivity contribution in [2.75, 3.05) is 32.0 Å². The highest BCUT2D eigenvalue weighted by Gasteiger charge is 2.02. The molecule has 0 unspecified atom stereocenters. The van der Waals surface area contributed by atoms with Crippen molar-refractivity contribution in [1.29, 1.82) is 0 Å². The summed E-state index contributed by atoms with van der Waals surface area (Å²) in [6.07, 6.45) is 0. The standard InChI is InChI=1S/C13H22N4O/c1-3-17(2)8-7-15-13(18)16-12-6-4-5-11(9-12)10-14/h4-6,9H,3,7-8,10,14H2,1-2H3,(H2,15,16,18). The van der Waals surface area contributed by atoms with E-state index in [9.17, 15) is 4.79 Å². The average molecular weight is 250 g/mol. The maximum absolute atomic E-state index is 11.6. The van der Waals surface area contributed by atoms with Crippen molar-refractivity contribution in [3.8, 4) is 0 Å². The minimum Gasteiger partial charge on any atom is -0.337 e. The van der Waals surface area contributed by atoms with Gasteiger partial charge < -0.3 is 21.3 Å². The number of nitrogens with one attached hydrogen (secondary N) is 2. The molecule has 100 valence electrons. The molecule has 0 spiro atoms. The van der Waals surface area contributed by atoms with E-state index >= 15 is 0 Å². The zero-order chi connectivity index (χ0) is 13.4. The molecule has 0 heterocycles. The lowest BCUT2D eigenvalue weighted by atomic mass is 10.2. The lowest BCUT2D eigenvalue weighted by Gasteiger charge is -2.14. The summed E-state index contributed by atoms with van der Waals surface area (Å²) in [5, 5.41) is 5.60. The van der Waals surface area contributed by atoms with Crippen molar-refractivity contribution in [1.82, 2.24) is 10.2 Å². The van der Waals surface area contributed by atoms with Crippen LogP contribution in [0.3, 0.4) is 0 Å². The number of carbonyl (C=O) groups is 1. The molecule has 0 aliphatic carbocycles. The quantitative estimate of drug-likeness (QED) is 0.711. The van der Waals surface area contributed by atoms with E-state index in [0.29, 0.717) is 13.1 Å². The molecule has 0 radical (unpaired) electrons. The molecule has 18 heavy (non-hydrogen) atoms. The molecule has 0 fully saturated rings. The third-order valence-corrected chi connectivity index (χ3v) is 2.74. The Kier molecular flexibility index (Phi) is 6.18. The smallest absolute Gasteiger partial charge is 0.319 e. The van der Waals surface area contributed by atoms with E-state index in [0.717, 1.165) is 24.3 Å². The Morgan fingerprint density at radius 1 is 1.44 bits per heavy atom. The molecule has 1 aromatic rings. The van der Waals surface area contributed by atoms with E-state index in [1.165, 1.54) is 0 Å². The molecule has 0 bridgehead atoms. The topological polar surface area (TPSA) is 70.4 Å². The molecule has 0 saturated heterocycles. The third-order valence-electron chi connectivity index (χ3n) is 2.74. The van der Waals surface area contributed by atoms with Crippen molar-refractivity contribution >= 4 is 11.7 Å². The van der Waals surface area contributed by atoms with E-state index in [1.807, 2.05) is 31.3 Å². The van der Waals surface area contributed by atoms with Crippen molar-refractivity contribution in [2.24, 2.45) is 5.73 Å². The number of benzene rings is 1. The number of urea groups is 1. The van der Waals surface area contributed by atoms with Crippen LogP contribution in [-0.4, -0.2) is 37.6 Å². The first-order valence-electron chi connectivity index (χ1n) is 6.18. The van der Waals surface area contributed by atoms with Crippen LogP contribution in [-0.2, 0) is 6.54 Å². The van der Waals surface area contributed by atoms with Crippen LogP contribution in [0.15, 0.2) is 24.3 Å². The van der Waals surface area contributed by atoms with E-state index in [2.05, 4.69) is 22.5 Å². The maximum Gasteiger partial charge on any atom is 0.319 e. The van der Waals surface area contributed by atoms with Crippen molar-refractivity contribution in [3.05, 3.63) is 29.8 Å². The first-order chi connectivity index (χ1) is 8.65. The zero-order valence-electron chi connectivity index (χ0n) is 11.1. The van der Waals surface area contributed by atoms with E-state index in [-0.39, 0.29) is 6.03 Å². The highest BCUT2D eigenvalue weighted by Crippen LogP contribution is 2.09. The summed E-state index contributed by atoms with van der Waals surface area (Å²) in [4.78, 5) is 13.7. The minimum atomic E-state index is -0.186. The SMILES string of the molecule is CCN(C)CCNC(=O)Nc1cccc(CN)c1. The molecule has 0 atom stereocenters. The number of anilines is 1. The Morgan fingerprint density at radius 2 is 2.22 bits per heavy atom. The fraction of sp³-hybridized carbons (Fsp3) is 0.462. The monoisotopic (exact) mass is 250 g/mol. The second-order valence-electron chi connectivity index (χ2n) is 4.18. The number of likely N-dealkylation sites (N-methyl/N-ethyl adjacent to an activating group) is 1.